The summed E-state index contributed by atoms with van der Waals surface area (Å²) in [5, 5.41) is 10.6. The number of nitrogens with zero attached hydrogens (tertiary/aromatic N) is 3. The van der Waals surface area contributed by atoms with Crippen LogP contribution in [0.1, 0.15) is 17.7 Å². The molecule has 0 bridgehead atoms. The first-order valence-corrected chi connectivity index (χ1v) is 11.6. The number of benzene rings is 2. The number of sulfonamides is 1. The Morgan fingerprint density at radius 1 is 1.19 bits per heavy atom. The average Bonchev–Trinajstić information content (AvgIpc) is 3.16. The molecule has 1 atom stereocenters. The number of carbonyl (C=O) groups excluding carboxylic acids is 1. The largest absolute Gasteiger partial charge is 0.497 e. The zero-order chi connectivity index (χ0) is 22.7. The first kappa shape index (κ1) is 21.7. The van der Waals surface area contributed by atoms with E-state index >= 15 is 0 Å². The molecule has 3 aromatic rings. The minimum Gasteiger partial charge on any atom is -0.497 e. The van der Waals surface area contributed by atoms with E-state index in [1.54, 1.807) is 54.6 Å². The third kappa shape index (κ3) is 4.56. The molecule has 0 unspecified atom stereocenters. The van der Waals surface area contributed by atoms with Gasteiger partial charge in [-0.3, -0.25) is 4.79 Å². The highest BCUT2D eigenvalue weighted by Crippen LogP contribution is 2.25. The highest BCUT2D eigenvalue weighted by Gasteiger charge is 2.32. The van der Waals surface area contributed by atoms with Crippen molar-refractivity contribution in [1.29, 1.82) is 5.26 Å². The summed E-state index contributed by atoms with van der Waals surface area (Å²) in [5.74, 6) is 0.113. The van der Waals surface area contributed by atoms with Crippen LogP contribution in [-0.2, 0) is 21.4 Å². The van der Waals surface area contributed by atoms with E-state index < -0.39 is 15.9 Å². The summed E-state index contributed by atoms with van der Waals surface area (Å²) in [6.45, 7) is 0.935. The predicted octanol–water partition coefficient (Wildman–Crippen LogP) is 2.44. The lowest BCUT2D eigenvalue weighted by molar-refractivity contribution is -0.131. The summed E-state index contributed by atoms with van der Waals surface area (Å²) in [4.78, 5) is 18.5. The van der Waals surface area contributed by atoms with Crippen LogP contribution in [0.2, 0.25) is 0 Å². The summed E-state index contributed by atoms with van der Waals surface area (Å²) in [5.41, 5.74) is 1.11. The molecule has 0 radical (unpaired) electrons. The summed E-state index contributed by atoms with van der Waals surface area (Å²) in [6.07, 6.45) is 2.10. The van der Waals surface area contributed by atoms with Crippen molar-refractivity contribution in [3.05, 3.63) is 66.0 Å². The Hall–Kier alpha value is -3.48. The number of pyridine rings is 1. The Labute approximate surface area is 186 Å². The zero-order valence-electron chi connectivity index (χ0n) is 17.5. The highest BCUT2D eigenvalue weighted by molar-refractivity contribution is 7.89. The molecule has 1 amide bonds. The van der Waals surface area contributed by atoms with Gasteiger partial charge in [-0.05, 0) is 59.2 Å². The van der Waals surface area contributed by atoms with Crippen LogP contribution in [0.4, 0.5) is 0 Å². The number of rotatable bonds is 7. The molecule has 1 aliphatic heterocycles. The quantitative estimate of drug-likeness (QED) is 0.592. The molecule has 32 heavy (non-hydrogen) atoms. The number of hydrogen-bond donors (Lipinski definition) is 1. The second kappa shape index (κ2) is 8.94. The van der Waals surface area contributed by atoms with E-state index in [2.05, 4.69) is 9.71 Å². The molecule has 0 aliphatic carbocycles. The van der Waals surface area contributed by atoms with Gasteiger partial charge in [0.05, 0.1) is 17.9 Å². The normalized spacial score (nSPS) is 16.3. The average molecular weight is 451 g/mol. The molecule has 164 valence electrons. The molecule has 2 heterocycles. The maximum atomic E-state index is 12.8. The summed E-state index contributed by atoms with van der Waals surface area (Å²) in [6, 6.07) is 15.8. The van der Waals surface area contributed by atoms with Gasteiger partial charge in [0.1, 0.15) is 17.5 Å². The van der Waals surface area contributed by atoms with E-state index in [-0.39, 0.29) is 17.3 Å². The fraction of sp³-hybridized carbons (Fsp3) is 0.261. The molecule has 0 spiro atoms. The van der Waals surface area contributed by atoms with E-state index in [4.69, 9.17) is 10.00 Å². The number of likely N-dealkylation sites (tertiary alicyclic amines) is 1. The molecule has 4 rings (SSSR count). The monoisotopic (exact) mass is 450 g/mol. The number of nitrogens with one attached hydrogen (secondary N) is 1. The van der Waals surface area contributed by atoms with Crippen LogP contribution in [0.25, 0.3) is 10.8 Å². The van der Waals surface area contributed by atoms with E-state index in [9.17, 15) is 13.2 Å². The number of ether oxygens (including phenoxy) is 1. The van der Waals surface area contributed by atoms with Crippen LogP contribution in [0.3, 0.4) is 0 Å². The standard InChI is InChI=1S/C23H22N4O4S/c1-31-21-4-2-17-3-5-22(12-19(17)11-21)32(29,30)26-14-18-7-9-27(23(18)28)15-16-6-8-25-20(10-16)13-24/h2-6,8,10-12,18,26H,7,9,14-15H2,1H3/t18-/m0/s1. The number of hydrogen-bond acceptors (Lipinski definition) is 6. The van der Waals surface area contributed by atoms with E-state index in [0.29, 0.717) is 31.0 Å². The smallest absolute Gasteiger partial charge is 0.240 e. The number of amides is 1. The number of carbonyl (C=O) groups is 1. The molecule has 1 N–H and O–H groups in total. The molecule has 1 fully saturated rings. The van der Waals surface area contributed by atoms with E-state index in [0.717, 1.165) is 16.3 Å². The Kier molecular flexibility index (Phi) is 6.08. The Morgan fingerprint density at radius 3 is 2.78 bits per heavy atom. The van der Waals surface area contributed by atoms with Crippen LogP contribution in [-0.4, -0.2) is 44.4 Å². The van der Waals surface area contributed by atoms with Gasteiger partial charge in [-0.2, -0.15) is 5.26 Å². The maximum Gasteiger partial charge on any atom is 0.240 e. The molecule has 1 aromatic heterocycles. The number of fused-ring (bicyclic) bond motifs is 1. The fourth-order valence-corrected chi connectivity index (χ4v) is 4.91. The number of nitriles is 1. The summed E-state index contributed by atoms with van der Waals surface area (Å²) >= 11 is 0. The lowest BCUT2D eigenvalue weighted by atomic mass is 10.1. The molecule has 0 saturated carbocycles. The molecule has 8 nitrogen and oxygen atoms in total. The van der Waals surface area contributed by atoms with Gasteiger partial charge in [-0.15, -0.1) is 0 Å². The van der Waals surface area contributed by atoms with Gasteiger partial charge in [0.25, 0.3) is 0 Å². The third-order valence-corrected chi connectivity index (χ3v) is 6.99. The van der Waals surface area contributed by atoms with Gasteiger partial charge in [-0.1, -0.05) is 12.1 Å². The van der Waals surface area contributed by atoms with Crippen molar-refractivity contribution >= 4 is 26.7 Å². The van der Waals surface area contributed by atoms with Crippen molar-refractivity contribution in [2.45, 2.75) is 17.9 Å². The Morgan fingerprint density at radius 2 is 2.00 bits per heavy atom. The fourth-order valence-electron chi connectivity index (χ4n) is 3.79. The van der Waals surface area contributed by atoms with Crippen LogP contribution in [0.5, 0.6) is 5.75 Å². The van der Waals surface area contributed by atoms with Crippen LogP contribution >= 0.6 is 0 Å². The van der Waals surface area contributed by atoms with E-state index in [1.165, 1.54) is 0 Å². The minimum absolute atomic E-state index is 0.0353. The molecule has 9 heteroatoms. The first-order valence-electron chi connectivity index (χ1n) is 10.1. The van der Waals surface area contributed by atoms with Gasteiger partial charge < -0.3 is 9.64 Å². The zero-order valence-corrected chi connectivity index (χ0v) is 18.3. The van der Waals surface area contributed by atoms with Gasteiger partial charge in [-0.25, -0.2) is 18.1 Å². The van der Waals surface area contributed by atoms with Crippen molar-refractivity contribution < 1.29 is 17.9 Å². The van der Waals surface area contributed by atoms with Gasteiger partial charge in [0.15, 0.2) is 0 Å². The van der Waals surface area contributed by atoms with Crippen molar-refractivity contribution in [2.75, 3.05) is 20.2 Å². The second-order valence-electron chi connectivity index (χ2n) is 7.63. The van der Waals surface area contributed by atoms with Crippen molar-refractivity contribution in [1.82, 2.24) is 14.6 Å². The van der Waals surface area contributed by atoms with Crippen LogP contribution < -0.4 is 9.46 Å². The lowest BCUT2D eigenvalue weighted by Crippen LogP contribution is -2.34. The lowest BCUT2D eigenvalue weighted by Gasteiger charge is -2.17. The van der Waals surface area contributed by atoms with Crippen molar-refractivity contribution in [2.24, 2.45) is 5.92 Å². The molecular weight excluding hydrogens is 428 g/mol. The molecular formula is C23H22N4O4S. The molecule has 1 aliphatic rings. The molecule has 2 aromatic carbocycles. The van der Waals surface area contributed by atoms with Crippen molar-refractivity contribution in [3.63, 3.8) is 0 Å². The van der Waals surface area contributed by atoms with Crippen molar-refractivity contribution in [3.8, 4) is 11.8 Å². The minimum atomic E-state index is -3.77. The third-order valence-electron chi connectivity index (χ3n) is 5.57. The number of methoxy groups -OCH3 is 1. The van der Waals surface area contributed by atoms with Gasteiger partial charge in [0, 0.05) is 25.8 Å². The Bertz CT molecular complexity index is 1320. The van der Waals surface area contributed by atoms with Crippen LogP contribution in [0.15, 0.2) is 59.6 Å². The molecule has 1 saturated heterocycles. The Balaban J connectivity index is 1.42. The second-order valence-corrected chi connectivity index (χ2v) is 9.40. The van der Waals surface area contributed by atoms with Crippen LogP contribution in [0, 0.1) is 17.2 Å². The summed E-state index contributed by atoms with van der Waals surface area (Å²) in [7, 11) is -2.22. The SMILES string of the molecule is COc1ccc2ccc(S(=O)(=O)NC[C@@H]3CCN(Cc4ccnc(C#N)c4)C3=O)cc2c1. The maximum absolute atomic E-state index is 12.8. The topological polar surface area (TPSA) is 112 Å². The number of aromatic nitrogens is 1. The van der Waals surface area contributed by atoms with E-state index in [1.807, 2.05) is 18.2 Å². The first-order chi connectivity index (χ1) is 15.4. The predicted molar refractivity (Wildman–Crippen MR) is 118 cm³/mol. The summed E-state index contributed by atoms with van der Waals surface area (Å²) < 4.78 is 33.5. The van der Waals surface area contributed by atoms with Gasteiger partial charge >= 0.3 is 0 Å². The van der Waals surface area contributed by atoms with Gasteiger partial charge in [0.2, 0.25) is 15.9 Å². The highest BCUT2D eigenvalue weighted by atomic mass is 32.2.